The summed E-state index contributed by atoms with van der Waals surface area (Å²) in [7, 11) is 8.11. The summed E-state index contributed by atoms with van der Waals surface area (Å²) in [6, 6.07) is 6.57. The van der Waals surface area contributed by atoms with E-state index >= 15 is 0 Å². The SMILES string of the molecule is CCCCN(C)Cc1ccc(CNCCN(C)C)c(OC)c1. The number of likely N-dealkylation sites (N-methyl/N-ethyl adjacent to an activating group) is 1. The molecule has 0 unspecified atom stereocenters. The van der Waals surface area contributed by atoms with Crippen LogP contribution in [0.5, 0.6) is 5.75 Å². The fourth-order valence-corrected chi connectivity index (χ4v) is 2.38. The number of hydrogen-bond acceptors (Lipinski definition) is 4. The van der Waals surface area contributed by atoms with Crippen molar-refractivity contribution in [3.05, 3.63) is 29.3 Å². The van der Waals surface area contributed by atoms with Crippen molar-refractivity contribution in [1.29, 1.82) is 0 Å². The van der Waals surface area contributed by atoms with Gasteiger partial charge in [-0.05, 0) is 45.7 Å². The Balaban J connectivity index is 2.54. The van der Waals surface area contributed by atoms with E-state index < -0.39 is 0 Å². The summed E-state index contributed by atoms with van der Waals surface area (Å²) in [5.74, 6) is 0.985. The van der Waals surface area contributed by atoms with Gasteiger partial charge in [0.1, 0.15) is 5.75 Å². The summed E-state index contributed by atoms with van der Waals surface area (Å²) in [5, 5.41) is 3.46. The summed E-state index contributed by atoms with van der Waals surface area (Å²) in [5.41, 5.74) is 2.54. The molecule has 0 saturated carbocycles. The molecule has 0 spiro atoms. The number of methoxy groups -OCH3 is 1. The summed E-state index contributed by atoms with van der Waals surface area (Å²) >= 11 is 0. The third-order valence-corrected chi connectivity index (χ3v) is 3.75. The van der Waals surface area contributed by atoms with Crippen molar-refractivity contribution in [2.24, 2.45) is 0 Å². The normalized spacial score (nSPS) is 11.4. The van der Waals surface area contributed by atoms with Crippen LogP contribution in [0.1, 0.15) is 30.9 Å². The van der Waals surface area contributed by atoms with Crippen LogP contribution in [0.4, 0.5) is 0 Å². The monoisotopic (exact) mass is 307 g/mol. The highest BCUT2D eigenvalue weighted by Crippen LogP contribution is 2.21. The fraction of sp³-hybridized carbons (Fsp3) is 0.667. The molecule has 126 valence electrons. The Bertz CT molecular complexity index is 421. The molecule has 0 aliphatic rings. The van der Waals surface area contributed by atoms with Crippen molar-refractivity contribution < 1.29 is 4.74 Å². The van der Waals surface area contributed by atoms with E-state index in [1.54, 1.807) is 7.11 Å². The van der Waals surface area contributed by atoms with Crippen molar-refractivity contribution in [3.8, 4) is 5.75 Å². The molecular formula is C18H33N3O. The van der Waals surface area contributed by atoms with Gasteiger partial charge in [0.05, 0.1) is 7.11 Å². The summed E-state index contributed by atoms with van der Waals surface area (Å²) in [4.78, 5) is 4.55. The summed E-state index contributed by atoms with van der Waals surface area (Å²) in [6.07, 6.45) is 2.49. The first-order valence-corrected chi connectivity index (χ1v) is 8.26. The van der Waals surface area contributed by atoms with Gasteiger partial charge in [0.2, 0.25) is 0 Å². The quantitative estimate of drug-likeness (QED) is 0.636. The Morgan fingerprint density at radius 2 is 1.91 bits per heavy atom. The zero-order valence-corrected chi connectivity index (χ0v) is 15.0. The predicted octanol–water partition coefficient (Wildman–Crippen LogP) is 2.58. The summed E-state index contributed by atoms with van der Waals surface area (Å²) < 4.78 is 5.56. The van der Waals surface area contributed by atoms with Crippen LogP contribution >= 0.6 is 0 Å². The molecule has 0 radical (unpaired) electrons. The van der Waals surface area contributed by atoms with Gasteiger partial charge in [0.15, 0.2) is 0 Å². The summed E-state index contributed by atoms with van der Waals surface area (Å²) in [6.45, 7) is 7.23. The number of ether oxygens (including phenoxy) is 1. The van der Waals surface area contributed by atoms with Gasteiger partial charge in [-0.15, -0.1) is 0 Å². The number of hydrogen-bond donors (Lipinski definition) is 1. The second kappa shape index (κ2) is 10.6. The first-order chi connectivity index (χ1) is 10.6. The first-order valence-electron chi connectivity index (χ1n) is 8.26. The number of rotatable bonds is 11. The van der Waals surface area contributed by atoms with Crippen molar-refractivity contribution in [3.63, 3.8) is 0 Å². The van der Waals surface area contributed by atoms with E-state index in [-0.39, 0.29) is 0 Å². The lowest BCUT2D eigenvalue weighted by molar-refractivity contribution is 0.319. The average molecular weight is 307 g/mol. The Kier molecular flexibility index (Phi) is 9.13. The molecule has 1 aromatic rings. The third-order valence-electron chi connectivity index (χ3n) is 3.75. The lowest BCUT2D eigenvalue weighted by Gasteiger charge is -2.18. The van der Waals surface area contributed by atoms with Crippen molar-refractivity contribution in [2.75, 3.05) is 47.9 Å². The molecule has 1 N–H and O–H groups in total. The Morgan fingerprint density at radius 3 is 2.55 bits per heavy atom. The van der Waals surface area contributed by atoms with E-state index in [1.165, 1.54) is 24.0 Å². The van der Waals surface area contributed by atoms with Crippen LogP contribution in [0.25, 0.3) is 0 Å². The van der Waals surface area contributed by atoms with Crippen LogP contribution < -0.4 is 10.1 Å². The molecule has 0 heterocycles. The van der Waals surface area contributed by atoms with Crippen LogP contribution in [-0.2, 0) is 13.1 Å². The molecule has 4 heteroatoms. The largest absolute Gasteiger partial charge is 0.496 e. The lowest BCUT2D eigenvalue weighted by Crippen LogP contribution is -2.26. The topological polar surface area (TPSA) is 27.7 Å². The van der Waals surface area contributed by atoms with Crippen LogP contribution in [0.3, 0.4) is 0 Å². The predicted molar refractivity (Wildman–Crippen MR) is 94.5 cm³/mol. The molecular weight excluding hydrogens is 274 g/mol. The standard InChI is InChI=1S/C18H33N3O/c1-6-7-11-21(4)15-16-8-9-17(18(13-16)22-5)14-19-10-12-20(2)3/h8-9,13,19H,6-7,10-12,14-15H2,1-5H3. The van der Waals surface area contributed by atoms with E-state index in [0.29, 0.717) is 0 Å². The second-order valence-electron chi connectivity index (χ2n) is 6.22. The maximum Gasteiger partial charge on any atom is 0.123 e. The lowest BCUT2D eigenvalue weighted by atomic mass is 10.1. The van der Waals surface area contributed by atoms with E-state index in [2.05, 4.69) is 61.4 Å². The Labute approximate surface area is 136 Å². The minimum Gasteiger partial charge on any atom is -0.496 e. The number of nitrogens with one attached hydrogen (secondary N) is 1. The molecule has 22 heavy (non-hydrogen) atoms. The highest BCUT2D eigenvalue weighted by atomic mass is 16.5. The molecule has 0 saturated heterocycles. The Hall–Kier alpha value is -1.10. The smallest absolute Gasteiger partial charge is 0.123 e. The van der Waals surface area contributed by atoms with Gasteiger partial charge in [-0.3, -0.25) is 0 Å². The highest BCUT2D eigenvalue weighted by Gasteiger charge is 2.06. The van der Waals surface area contributed by atoms with Crippen LogP contribution in [0.15, 0.2) is 18.2 Å². The van der Waals surface area contributed by atoms with Gasteiger partial charge in [-0.25, -0.2) is 0 Å². The van der Waals surface area contributed by atoms with Gasteiger partial charge < -0.3 is 19.9 Å². The molecule has 1 rings (SSSR count). The van der Waals surface area contributed by atoms with E-state index in [0.717, 1.165) is 38.5 Å². The maximum atomic E-state index is 5.56. The average Bonchev–Trinajstić information content (AvgIpc) is 2.50. The van der Waals surface area contributed by atoms with Gasteiger partial charge >= 0.3 is 0 Å². The fourth-order valence-electron chi connectivity index (χ4n) is 2.38. The van der Waals surface area contributed by atoms with Gasteiger partial charge in [-0.2, -0.15) is 0 Å². The molecule has 0 bridgehead atoms. The highest BCUT2D eigenvalue weighted by molar-refractivity contribution is 5.37. The van der Waals surface area contributed by atoms with E-state index in [9.17, 15) is 0 Å². The van der Waals surface area contributed by atoms with E-state index in [4.69, 9.17) is 4.74 Å². The van der Waals surface area contributed by atoms with E-state index in [1.807, 2.05) is 0 Å². The van der Waals surface area contributed by atoms with Crippen molar-refractivity contribution in [2.45, 2.75) is 32.9 Å². The molecule has 0 aliphatic carbocycles. The van der Waals surface area contributed by atoms with Crippen LogP contribution in [0.2, 0.25) is 0 Å². The number of unbranched alkanes of at least 4 members (excludes halogenated alkanes) is 1. The molecule has 1 aromatic carbocycles. The Morgan fingerprint density at radius 1 is 1.14 bits per heavy atom. The molecule has 4 nitrogen and oxygen atoms in total. The maximum absolute atomic E-state index is 5.56. The van der Waals surface area contributed by atoms with Crippen molar-refractivity contribution in [1.82, 2.24) is 15.1 Å². The first kappa shape index (κ1) is 18.9. The molecule has 0 aliphatic heterocycles. The third kappa shape index (κ3) is 7.25. The molecule has 0 atom stereocenters. The van der Waals surface area contributed by atoms with Crippen LogP contribution in [-0.4, -0.2) is 57.7 Å². The second-order valence-corrected chi connectivity index (χ2v) is 6.22. The number of benzene rings is 1. The molecule has 0 fully saturated rings. The van der Waals surface area contributed by atoms with Gasteiger partial charge in [0, 0.05) is 31.7 Å². The zero-order chi connectivity index (χ0) is 16.4. The van der Waals surface area contributed by atoms with Crippen LogP contribution in [0, 0.1) is 0 Å². The number of nitrogens with zero attached hydrogens (tertiary/aromatic N) is 2. The molecule has 0 amide bonds. The molecule has 0 aromatic heterocycles. The minimum absolute atomic E-state index is 0.850. The van der Waals surface area contributed by atoms with Crippen molar-refractivity contribution >= 4 is 0 Å². The zero-order valence-electron chi connectivity index (χ0n) is 15.0. The van der Waals surface area contributed by atoms with Gasteiger partial charge in [0.25, 0.3) is 0 Å². The minimum atomic E-state index is 0.850. The van der Waals surface area contributed by atoms with Gasteiger partial charge in [-0.1, -0.05) is 25.5 Å².